The van der Waals surface area contributed by atoms with E-state index < -0.39 is 4.92 Å². The first-order chi connectivity index (χ1) is 12.3. The van der Waals surface area contributed by atoms with Crippen LogP contribution >= 0.6 is 11.6 Å². The van der Waals surface area contributed by atoms with E-state index in [1.807, 2.05) is 18.7 Å². The van der Waals surface area contributed by atoms with Gasteiger partial charge in [-0.25, -0.2) is 0 Å². The van der Waals surface area contributed by atoms with E-state index in [2.05, 4.69) is 5.32 Å². The molecule has 1 aromatic carbocycles. The second kappa shape index (κ2) is 8.95. The van der Waals surface area contributed by atoms with Crippen LogP contribution in [-0.2, 0) is 4.79 Å². The molecule has 1 saturated heterocycles. The average Bonchev–Trinajstić information content (AvgIpc) is 2.61. The van der Waals surface area contributed by atoms with Gasteiger partial charge in [0.15, 0.2) is 0 Å². The quantitative estimate of drug-likeness (QED) is 0.599. The van der Waals surface area contributed by atoms with E-state index in [0.717, 1.165) is 6.42 Å². The van der Waals surface area contributed by atoms with E-state index in [9.17, 15) is 19.7 Å². The van der Waals surface area contributed by atoms with Crippen LogP contribution in [0.25, 0.3) is 0 Å². The Kier molecular flexibility index (Phi) is 6.93. The van der Waals surface area contributed by atoms with Crippen LogP contribution in [0.15, 0.2) is 18.2 Å². The molecule has 0 aliphatic carbocycles. The van der Waals surface area contributed by atoms with Crippen LogP contribution in [0.3, 0.4) is 0 Å². The van der Waals surface area contributed by atoms with Crippen molar-refractivity contribution in [3.63, 3.8) is 0 Å². The van der Waals surface area contributed by atoms with Crippen LogP contribution in [-0.4, -0.2) is 65.3 Å². The molecule has 1 aliphatic rings. The molecule has 0 spiro atoms. The summed E-state index contributed by atoms with van der Waals surface area (Å²) in [5.74, 6) is -0.272. The summed E-state index contributed by atoms with van der Waals surface area (Å²) >= 11 is 6.03. The number of nitro benzene ring substituents is 1. The van der Waals surface area contributed by atoms with Crippen molar-refractivity contribution in [2.45, 2.75) is 26.3 Å². The first-order valence-electron chi connectivity index (χ1n) is 8.56. The molecule has 1 unspecified atom stereocenters. The Bertz CT molecular complexity index is 689. The summed E-state index contributed by atoms with van der Waals surface area (Å²) in [6.45, 7) is 6.41. The van der Waals surface area contributed by atoms with E-state index in [4.69, 9.17) is 11.6 Å². The molecule has 1 N–H and O–H groups in total. The predicted octanol–water partition coefficient (Wildman–Crippen LogP) is 1.92. The number of halogens is 1. The van der Waals surface area contributed by atoms with Gasteiger partial charge in [-0.3, -0.25) is 24.6 Å². The van der Waals surface area contributed by atoms with Crippen molar-refractivity contribution in [1.82, 2.24) is 15.1 Å². The van der Waals surface area contributed by atoms with E-state index in [0.29, 0.717) is 32.7 Å². The molecule has 1 atom stereocenters. The first-order valence-corrected chi connectivity index (χ1v) is 8.94. The number of rotatable bonds is 6. The number of hydrogen-bond acceptors (Lipinski definition) is 5. The molecule has 1 fully saturated rings. The second-order valence-electron chi connectivity index (χ2n) is 6.37. The third-order valence-corrected chi connectivity index (χ3v) is 4.75. The molecular formula is C17H23ClN4O4. The molecule has 0 bridgehead atoms. The molecule has 0 saturated carbocycles. The lowest BCUT2D eigenvalue weighted by Gasteiger charge is -2.34. The number of nitrogens with zero attached hydrogens (tertiary/aromatic N) is 3. The van der Waals surface area contributed by atoms with Gasteiger partial charge in [0, 0.05) is 44.4 Å². The normalized spacial score (nSPS) is 16.2. The maximum atomic E-state index is 12.6. The number of nitrogens with one attached hydrogen (secondary N) is 1. The third kappa shape index (κ3) is 5.15. The Balaban J connectivity index is 1.90. The molecule has 0 aromatic heterocycles. The highest BCUT2D eigenvalue weighted by Crippen LogP contribution is 2.24. The van der Waals surface area contributed by atoms with E-state index in [1.165, 1.54) is 18.2 Å². The van der Waals surface area contributed by atoms with Gasteiger partial charge in [0.25, 0.3) is 11.6 Å². The summed E-state index contributed by atoms with van der Waals surface area (Å²) in [6.07, 6.45) is 0.879. The molecule has 9 heteroatoms. The fraction of sp³-hybridized carbons (Fsp3) is 0.529. The molecule has 26 heavy (non-hydrogen) atoms. The van der Waals surface area contributed by atoms with Crippen molar-refractivity contribution in [1.29, 1.82) is 0 Å². The number of piperazine rings is 1. The molecule has 2 rings (SSSR count). The lowest BCUT2D eigenvalue weighted by atomic mass is 10.1. The van der Waals surface area contributed by atoms with Crippen LogP contribution < -0.4 is 5.32 Å². The van der Waals surface area contributed by atoms with Crippen LogP contribution in [0, 0.1) is 10.1 Å². The Labute approximate surface area is 157 Å². The van der Waals surface area contributed by atoms with Gasteiger partial charge in [-0.2, -0.15) is 0 Å². The molecule has 1 heterocycles. The Morgan fingerprint density at radius 2 is 1.96 bits per heavy atom. The van der Waals surface area contributed by atoms with Gasteiger partial charge in [-0.15, -0.1) is 0 Å². The van der Waals surface area contributed by atoms with E-state index >= 15 is 0 Å². The topological polar surface area (TPSA) is 95.8 Å². The first kappa shape index (κ1) is 20.1. The number of carbonyl (C=O) groups excluding carboxylic acids is 2. The zero-order valence-electron chi connectivity index (χ0n) is 14.9. The SMILES string of the molecule is CCC(C)NC(=O)CN1CCN(C(=O)c2ccc([N+](=O)[O-])cc2Cl)CC1. The predicted molar refractivity (Wildman–Crippen MR) is 98.3 cm³/mol. The zero-order valence-corrected chi connectivity index (χ0v) is 15.7. The van der Waals surface area contributed by atoms with Gasteiger partial charge in [-0.05, 0) is 19.4 Å². The average molecular weight is 383 g/mol. The minimum atomic E-state index is -0.552. The zero-order chi connectivity index (χ0) is 19.3. The summed E-state index contributed by atoms with van der Waals surface area (Å²) in [6, 6.07) is 3.99. The van der Waals surface area contributed by atoms with Crippen LogP contribution in [0.1, 0.15) is 30.6 Å². The minimum Gasteiger partial charge on any atom is -0.353 e. The number of non-ortho nitro benzene ring substituents is 1. The Morgan fingerprint density at radius 1 is 1.31 bits per heavy atom. The van der Waals surface area contributed by atoms with Gasteiger partial charge < -0.3 is 10.2 Å². The maximum absolute atomic E-state index is 12.6. The number of hydrogen-bond donors (Lipinski definition) is 1. The van der Waals surface area contributed by atoms with Gasteiger partial charge in [0.05, 0.1) is 22.1 Å². The summed E-state index contributed by atoms with van der Waals surface area (Å²) in [7, 11) is 0. The number of nitro groups is 1. The molecule has 8 nitrogen and oxygen atoms in total. The van der Waals surface area contributed by atoms with Crippen molar-refractivity contribution >= 4 is 29.1 Å². The van der Waals surface area contributed by atoms with Crippen molar-refractivity contribution < 1.29 is 14.5 Å². The monoisotopic (exact) mass is 382 g/mol. The highest BCUT2D eigenvalue weighted by molar-refractivity contribution is 6.34. The molecular weight excluding hydrogens is 360 g/mol. The van der Waals surface area contributed by atoms with Gasteiger partial charge in [0.2, 0.25) is 5.91 Å². The number of carbonyl (C=O) groups is 2. The molecule has 0 radical (unpaired) electrons. The van der Waals surface area contributed by atoms with Gasteiger partial charge in [0.1, 0.15) is 0 Å². The van der Waals surface area contributed by atoms with Crippen molar-refractivity contribution in [2.75, 3.05) is 32.7 Å². The van der Waals surface area contributed by atoms with E-state index in [-0.39, 0.29) is 34.1 Å². The highest BCUT2D eigenvalue weighted by atomic mass is 35.5. The standard InChI is InChI=1S/C17H23ClN4O4/c1-3-12(2)19-16(23)11-20-6-8-21(9-7-20)17(24)14-5-4-13(22(25)26)10-15(14)18/h4-5,10,12H,3,6-9,11H2,1-2H3,(H,19,23). The lowest BCUT2D eigenvalue weighted by Crippen LogP contribution is -2.51. The molecule has 2 amide bonds. The smallest absolute Gasteiger partial charge is 0.270 e. The Morgan fingerprint density at radius 3 is 2.50 bits per heavy atom. The molecule has 1 aliphatic heterocycles. The largest absolute Gasteiger partial charge is 0.353 e. The maximum Gasteiger partial charge on any atom is 0.270 e. The molecule has 1 aromatic rings. The summed E-state index contributed by atoms with van der Waals surface area (Å²) in [5.41, 5.74) is 0.101. The number of benzene rings is 1. The van der Waals surface area contributed by atoms with Crippen molar-refractivity contribution in [3.05, 3.63) is 38.9 Å². The van der Waals surface area contributed by atoms with Gasteiger partial charge >= 0.3 is 0 Å². The van der Waals surface area contributed by atoms with Crippen LogP contribution in [0.4, 0.5) is 5.69 Å². The highest BCUT2D eigenvalue weighted by Gasteiger charge is 2.25. The summed E-state index contributed by atoms with van der Waals surface area (Å²) in [4.78, 5) is 38.4. The fourth-order valence-electron chi connectivity index (χ4n) is 2.70. The summed E-state index contributed by atoms with van der Waals surface area (Å²) < 4.78 is 0. The Hall–Kier alpha value is -2.19. The lowest BCUT2D eigenvalue weighted by molar-refractivity contribution is -0.384. The third-order valence-electron chi connectivity index (χ3n) is 4.44. The minimum absolute atomic E-state index is 0.0162. The summed E-state index contributed by atoms with van der Waals surface area (Å²) in [5, 5.41) is 13.8. The van der Waals surface area contributed by atoms with Gasteiger partial charge in [-0.1, -0.05) is 18.5 Å². The van der Waals surface area contributed by atoms with Crippen LogP contribution in [0.2, 0.25) is 5.02 Å². The van der Waals surface area contributed by atoms with Crippen molar-refractivity contribution in [2.24, 2.45) is 0 Å². The number of amides is 2. The van der Waals surface area contributed by atoms with E-state index in [1.54, 1.807) is 4.90 Å². The van der Waals surface area contributed by atoms with Crippen LogP contribution in [0.5, 0.6) is 0 Å². The fourth-order valence-corrected chi connectivity index (χ4v) is 2.95. The second-order valence-corrected chi connectivity index (χ2v) is 6.77. The molecule has 142 valence electrons. The van der Waals surface area contributed by atoms with Crippen molar-refractivity contribution in [3.8, 4) is 0 Å².